The Labute approximate surface area is 115 Å². The van der Waals surface area contributed by atoms with E-state index in [9.17, 15) is 0 Å². The lowest BCUT2D eigenvalue weighted by Crippen LogP contribution is -2.13. The Morgan fingerprint density at radius 3 is 2.18 bits per heavy atom. The van der Waals surface area contributed by atoms with Crippen LogP contribution in [0.2, 0.25) is 0 Å². The van der Waals surface area contributed by atoms with Gasteiger partial charge in [-0.25, -0.2) is 0 Å². The number of hydrogen-bond donors (Lipinski definition) is 1. The summed E-state index contributed by atoms with van der Waals surface area (Å²) in [6.07, 6.45) is 0. The van der Waals surface area contributed by atoms with Crippen LogP contribution in [0.15, 0.2) is 64.9 Å². The smallest absolute Gasteiger partial charge is 0.0776 e. The minimum atomic E-state index is 0.745. The maximum Gasteiger partial charge on any atom is 0.0776 e. The molecule has 0 heterocycles. The lowest BCUT2D eigenvalue weighted by molar-refractivity contribution is 1.28. The minimum Gasteiger partial charge on any atom is -0.397 e. The van der Waals surface area contributed by atoms with E-state index in [1.165, 1.54) is 0 Å². The van der Waals surface area contributed by atoms with Crippen LogP contribution in [0.1, 0.15) is 0 Å². The zero-order valence-corrected chi connectivity index (χ0v) is 11.5. The molecule has 0 fully saturated rings. The summed E-state index contributed by atoms with van der Waals surface area (Å²) >= 11 is 2.20. The van der Waals surface area contributed by atoms with Crippen LogP contribution in [0.5, 0.6) is 0 Å². The summed E-state index contributed by atoms with van der Waals surface area (Å²) in [7, 11) is 0. The molecule has 2 rings (SSSR count). The van der Waals surface area contributed by atoms with Crippen LogP contribution in [-0.2, 0) is 0 Å². The van der Waals surface area contributed by atoms with Gasteiger partial charge in [0.15, 0.2) is 0 Å². The van der Waals surface area contributed by atoms with Gasteiger partial charge in [0.2, 0.25) is 0 Å². The highest BCUT2D eigenvalue weighted by Gasteiger charge is 2.12. The summed E-state index contributed by atoms with van der Waals surface area (Å²) in [5.41, 5.74) is 8.77. The molecule has 2 aromatic carbocycles. The Hall–Kier alpha value is -1.49. The highest BCUT2D eigenvalue weighted by atomic mass is 127. The molecule has 2 aromatic rings. The number of anilines is 3. The van der Waals surface area contributed by atoms with Crippen LogP contribution >= 0.6 is 22.6 Å². The van der Waals surface area contributed by atoms with Crippen molar-refractivity contribution in [3.63, 3.8) is 0 Å². The van der Waals surface area contributed by atoms with Crippen molar-refractivity contribution in [2.24, 2.45) is 0 Å². The van der Waals surface area contributed by atoms with Crippen molar-refractivity contribution in [1.29, 1.82) is 0 Å². The number of benzene rings is 2. The van der Waals surface area contributed by atoms with Gasteiger partial charge >= 0.3 is 0 Å². The molecule has 0 saturated carbocycles. The van der Waals surface area contributed by atoms with Crippen molar-refractivity contribution in [2.45, 2.75) is 0 Å². The summed E-state index contributed by atoms with van der Waals surface area (Å²) in [5, 5.41) is 0. The molecule has 0 aliphatic rings. The van der Waals surface area contributed by atoms with E-state index in [0.29, 0.717) is 0 Å². The molecule has 0 unspecified atom stereocenters. The summed E-state index contributed by atoms with van der Waals surface area (Å²) < 4.78 is 0.909. The van der Waals surface area contributed by atoms with Crippen molar-refractivity contribution in [1.82, 2.24) is 0 Å². The molecule has 0 bridgehead atoms. The van der Waals surface area contributed by atoms with Crippen LogP contribution < -0.4 is 10.6 Å². The molecule has 3 heteroatoms. The van der Waals surface area contributed by atoms with Crippen molar-refractivity contribution < 1.29 is 0 Å². The van der Waals surface area contributed by atoms with Crippen LogP contribution in [0, 0.1) is 0 Å². The van der Waals surface area contributed by atoms with Crippen molar-refractivity contribution in [3.8, 4) is 0 Å². The lowest BCUT2D eigenvalue weighted by Gasteiger charge is -2.25. The normalized spacial score (nSPS) is 9.94. The van der Waals surface area contributed by atoms with Gasteiger partial charge in [-0.1, -0.05) is 36.9 Å². The summed E-state index contributed by atoms with van der Waals surface area (Å²) in [6.45, 7) is 4.01. The maximum absolute atomic E-state index is 6.01. The summed E-state index contributed by atoms with van der Waals surface area (Å²) in [5.74, 6) is 0. The van der Waals surface area contributed by atoms with Crippen LogP contribution in [0.3, 0.4) is 0 Å². The first kappa shape index (κ1) is 12.0. The molecule has 0 aromatic heterocycles. The second-order valence-electron chi connectivity index (χ2n) is 3.61. The number of nitrogen functional groups attached to an aromatic ring is 1. The zero-order valence-electron chi connectivity index (χ0n) is 9.31. The first-order valence-electron chi connectivity index (χ1n) is 5.24. The molecule has 0 radical (unpaired) electrons. The zero-order chi connectivity index (χ0) is 12.3. The van der Waals surface area contributed by atoms with Gasteiger partial charge in [0.05, 0.1) is 15.1 Å². The highest BCUT2D eigenvalue weighted by Crippen LogP contribution is 2.35. The third kappa shape index (κ3) is 2.61. The van der Waals surface area contributed by atoms with E-state index >= 15 is 0 Å². The van der Waals surface area contributed by atoms with Gasteiger partial charge in [-0.15, -0.1) is 0 Å². The van der Waals surface area contributed by atoms with Gasteiger partial charge in [0.1, 0.15) is 0 Å². The number of hydrogen-bond acceptors (Lipinski definition) is 2. The van der Waals surface area contributed by atoms with Gasteiger partial charge in [0.25, 0.3) is 0 Å². The minimum absolute atomic E-state index is 0.745. The summed E-state index contributed by atoms with van der Waals surface area (Å²) in [6, 6.07) is 17.9. The third-order valence-corrected chi connectivity index (χ3v) is 2.92. The number of rotatable bonds is 3. The van der Waals surface area contributed by atoms with Crippen molar-refractivity contribution in [3.05, 3.63) is 64.9 Å². The van der Waals surface area contributed by atoms with E-state index in [0.717, 1.165) is 20.8 Å². The molecule has 86 valence electrons. The molecule has 0 saturated heterocycles. The molecule has 2 N–H and O–H groups in total. The Morgan fingerprint density at radius 1 is 1.00 bits per heavy atom. The maximum atomic E-state index is 6.01. The number of nitrogens with zero attached hydrogens (tertiary/aromatic N) is 1. The van der Waals surface area contributed by atoms with Gasteiger partial charge in [0, 0.05) is 5.69 Å². The molecule has 0 atom stereocenters. The molecular formula is C14H13IN2. The Balaban J connectivity index is 2.51. The average Bonchev–Trinajstić information content (AvgIpc) is 2.33. The van der Waals surface area contributed by atoms with Gasteiger partial charge in [-0.3, -0.25) is 0 Å². The quantitative estimate of drug-likeness (QED) is 0.514. The Kier molecular flexibility index (Phi) is 3.68. The van der Waals surface area contributed by atoms with Gasteiger partial charge < -0.3 is 10.6 Å². The van der Waals surface area contributed by atoms with Crippen molar-refractivity contribution in [2.75, 3.05) is 10.6 Å². The molecule has 2 nitrogen and oxygen atoms in total. The monoisotopic (exact) mass is 336 g/mol. The van der Waals surface area contributed by atoms with E-state index < -0.39 is 0 Å². The van der Waals surface area contributed by atoms with E-state index in [4.69, 9.17) is 5.73 Å². The number of nitrogens with two attached hydrogens (primary N) is 1. The highest BCUT2D eigenvalue weighted by molar-refractivity contribution is 14.1. The molecule has 17 heavy (non-hydrogen) atoms. The average molecular weight is 336 g/mol. The second-order valence-corrected chi connectivity index (χ2v) is 4.85. The topological polar surface area (TPSA) is 29.3 Å². The standard InChI is InChI=1S/C14H13IN2/c1-11(15)17(12-7-3-2-4-8-12)14-10-6-5-9-13(14)16/h2-10H,1,16H2. The van der Waals surface area contributed by atoms with Crippen LogP contribution in [0.25, 0.3) is 0 Å². The fourth-order valence-electron chi connectivity index (χ4n) is 1.68. The SMILES string of the molecule is C=C(I)N(c1ccccc1)c1ccccc1N. The van der Waals surface area contributed by atoms with Gasteiger partial charge in [-0.2, -0.15) is 0 Å². The largest absolute Gasteiger partial charge is 0.397 e. The molecule has 0 aliphatic carbocycles. The first-order chi connectivity index (χ1) is 8.20. The van der Waals surface area contributed by atoms with E-state index in [2.05, 4.69) is 29.2 Å². The fourth-order valence-corrected chi connectivity index (χ4v) is 2.22. The lowest BCUT2D eigenvalue weighted by atomic mass is 10.2. The first-order valence-corrected chi connectivity index (χ1v) is 6.32. The Bertz CT molecular complexity index is 523. The number of halogens is 1. The second kappa shape index (κ2) is 5.23. The predicted octanol–water partition coefficient (Wildman–Crippen LogP) is 4.31. The third-order valence-electron chi connectivity index (χ3n) is 2.43. The van der Waals surface area contributed by atoms with E-state index in [1.54, 1.807) is 0 Å². The molecular weight excluding hydrogens is 323 g/mol. The number of para-hydroxylation sites is 3. The fraction of sp³-hybridized carbons (Fsp3) is 0. The van der Waals surface area contributed by atoms with Crippen LogP contribution in [-0.4, -0.2) is 0 Å². The van der Waals surface area contributed by atoms with Gasteiger partial charge in [-0.05, 0) is 46.9 Å². The molecule has 0 spiro atoms. The van der Waals surface area contributed by atoms with E-state index in [1.807, 2.05) is 59.5 Å². The summed E-state index contributed by atoms with van der Waals surface area (Å²) in [4.78, 5) is 2.04. The van der Waals surface area contributed by atoms with E-state index in [-0.39, 0.29) is 0 Å². The molecule has 0 aliphatic heterocycles. The van der Waals surface area contributed by atoms with Crippen LogP contribution in [0.4, 0.5) is 17.1 Å². The molecule has 0 amide bonds. The Morgan fingerprint density at radius 2 is 1.59 bits per heavy atom. The van der Waals surface area contributed by atoms with Crippen molar-refractivity contribution >= 4 is 39.7 Å². The predicted molar refractivity (Wildman–Crippen MR) is 82.6 cm³/mol.